The van der Waals surface area contributed by atoms with E-state index in [0.29, 0.717) is 6.42 Å². The van der Waals surface area contributed by atoms with Crippen LogP contribution >= 0.6 is 0 Å². The summed E-state index contributed by atoms with van der Waals surface area (Å²) in [4.78, 5) is 0. The van der Waals surface area contributed by atoms with Crippen molar-refractivity contribution >= 4 is 0 Å². The molecule has 0 radical (unpaired) electrons. The van der Waals surface area contributed by atoms with Crippen LogP contribution < -0.4 is 0 Å². The van der Waals surface area contributed by atoms with Crippen LogP contribution in [0.1, 0.15) is 20.3 Å². The first kappa shape index (κ1) is 6.89. The van der Waals surface area contributed by atoms with Gasteiger partial charge in [0.2, 0.25) is 0 Å². The minimum absolute atomic E-state index is 0.400. The Balaban J connectivity index is 3.14. The van der Waals surface area contributed by atoms with Crippen LogP contribution in [0.5, 0.6) is 0 Å². The largest absolute Gasteiger partial charge is 0.390 e. The molecular weight excluding hydrogens is 95.1 g/mol. The molecule has 0 spiro atoms. The second-order valence-corrected chi connectivity index (χ2v) is 1.66. The maximum Gasteiger partial charge on any atom is 0.125 e. The van der Waals surface area contributed by atoms with Crippen molar-refractivity contribution in [3.8, 4) is 0 Å². The minimum Gasteiger partial charge on any atom is -0.390 e. The number of aliphatic hydroxyl groups is 1. The lowest BCUT2D eigenvalue weighted by Gasteiger charge is -2.05. The van der Waals surface area contributed by atoms with E-state index in [2.05, 4.69) is 0 Å². The molecule has 2 unspecified atom stereocenters. The molecule has 0 heterocycles. The summed E-state index contributed by atoms with van der Waals surface area (Å²) in [6.45, 7) is 3.16. The minimum atomic E-state index is -1.04. The fraction of sp³-hybridized carbons (Fsp3) is 1.00. The van der Waals surface area contributed by atoms with Gasteiger partial charge in [-0.3, -0.25) is 0 Å². The molecule has 2 atom stereocenters. The molecule has 0 fully saturated rings. The average molecular weight is 106 g/mol. The van der Waals surface area contributed by atoms with Gasteiger partial charge in [0.25, 0.3) is 0 Å². The van der Waals surface area contributed by atoms with Crippen molar-refractivity contribution in [1.29, 1.82) is 0 Å². The van der Waals surface area contributed by atoms with Crippen molar-refractivity contribution in [2.75, 3.05) is 0 Å². The summed E-state index contributed by atoms with van der Waals surface area (Å²) in [6.07, 6.45) is -1.44. The lowest BCUT2D eigenvalue weighted by Crippen LogP contribution is -2.15. The molecule has 0 amide bonds. The van der Waals surface area contributed by atoms with Gasteiger partial charge in [-0.05, 0) is 13.3 Å². The number of hydrogen-bond donors (Lipinski definition) is 1. The highest BCUT2D eigenvalue weighted by molar-refractivity contribution is 4.57. The van der Waals surface area contributed by atoms with Gasteiger partial charge >= 0.3 is 0 Å². The van der Waals surface area contributed by atoms with Crippen LogP contribution in [0.2, 0.25) is 0 Å². The quantitative estimate of drug-likeness (QED) is 0.559. The van der Waals surface area contributed by atoms with E-state index >= 15 is 0 Å². The summed E-state index contributed by atoms with van der Waals surface area (Å²) in [6, 6.07) is 0. The summed E-state index contributed by atoms with van der Waals surface area (Å²) < 4.78 is 12.0. The third-order valence-corrected chi connectivity index (χ3v) is 0.913. The van der Waals surface area contributed by atoms with E-state index in [1.165, 1.54) is 6.92 Å². The fourth-order valence-corrected chi connectivity index (χ4v) is 0.341. The normalized spacial score (nSPS) is 18.9. The van der Waals surface area contributed by atoms with Gasteiger partial charge in [-0.2, -0.15) is 0 Å². The van der Waals surface area contributed by atoms with Crippen molar-refractivity contribution in [2.24, 2.45) is 0 Å². The molecule has 0 rings (SSSR count). The molecule has 2 heteroatoms. The Labute approximate surface area is 43.2 Å². The van der Waals surface area contributed by atoms with E-state index < -0.39 is 12.3 Å². The summed E-state index contributed by atoms with van der Waals surface area (Å²) in [5.74, 6) is 0. The van der Waals surface area contributed by atoms with E-state index in [0.717, 1.165) is 0 Å². The van der Waals surface area contributed by atoms with Crippen LogP contribution in [0.3, 0.4) is 0 Å². The molecule has 0 aliphatic heterocycles. The van der Waals surface area contributed by atoms with E-state index in [-0.39, 0.29) is 0 Å². The SMILES string of the molecule is CCC(F)C(C)O. The first-order valence-corrected chi connectivity index (χ1v) is 2.50. The molecule has 7 heavy (non-hydrogen) atoms. The second kappa shape index (κ2) is 2.97. The number of halogens is 1. The zero-order chi connectivity index (χ0) is 5.86. The average Bonchev–Trinajstić information content (AvgIpc) is 1.65. The zero-order valence-corrected chi connectivity index (χ0v) is 4.69. The van der Waals surface area contributed by atoms with Crippen LogP contribution in [0.4, 0.5) is 4.39 Å². The van der Waals surface area contributed by atoms with Gasteiger partial charge in [0.15, 0.2) is 0 Å². The summed E-state index contributed by atoms with van der Waals surface area (Å²) in [7, 11) is 0. The molecule has 1 nitrogen and oxygen atoms in total. The van der Waals surface area contributed by atoms with Gasteiger partial charge in [0, 0.05) is 0 Å². The number of aliphatic hydroxyl groups excluding tert-OH is 1. The first-order valence-electron chi connectivity index (χ1n) is 2.50. The fourth-order valence-electron chi connectivity index (χ4n) is 0.341. The zero-order valence-electron chi connectivity index (χ0n) is 4.69. The highest BCUT2D eigenvalue weighted by Crippen LogP contribution is 2.00. The van der Waals surface area contributed by atoms with E-state index in [1.807, 2.05) is 0 Å². The van der Waals surface area contributed by atoms with Crippen molar-refractivity contribution in [1.82, 2.24) is 0 Å². The first-order chi connectivity index (χ1) is 3.18. The Bertz CT molecular complexity index is 45.3. The summed E-state index contributed by atoms with van der Waals surface area (Å²) >= 11 is 0. The Kier molecular flexibility index (Phi) is 2.92. The molecule has 0 aromatic heterocycles. The number of alkyl halides is 1. The topological polar surface area (TPSA) is 20.2 Å². The monoisotopic (exact) mass is 106 g/mol. The highest BCUT2D eigenvalue weighted by atomic mass is 19.1. The van der Waals surface area contributed by atoms with Crippen molar-refractivity contribution in [3.05, 3.63) is 0 Å². The smallest absolute Gasteiger partial charge is 0.125 e. The Morgan fingerprint density at radius 2 is 2.14 bits per heavy atom. The lowest BCUT2D eigenvalue weighted by molar-refractivity contribution is 0.0908. The van der Waals surface area contributed by atoms with Gasteiger partial charge in [-0.1, -0.05) is 6.92 Å². The molecule has 0 bridgehead atoms. The van der Waals surface area contributed by atoms with Crippen molar-refractivity contribution in [2.45, 2.75) is 32.5 Å². The van der Waals surface area contributed by atoms with E-state index in [1.54, 1.807) is 6.92 Å². The lowest BCUT2D eigenvalue weighted by atomic mass is 10.2. The van der Waals surface area contributed by atoms with Gasteiger partial charge < -0.3 is 5.11 Å². The van der Waals surface area contributed by atoms with Gasteiger partial charge in [-0.15, -0.1) is 0 Å². The third-order valence-electron chi connectivity index (χ3n) is 0.913. The predicted molar refractivity (Wildman–Crippen MR) is 26.9 cm³/mol. The molecule has 0 aliphatic carbocycles. The van der Waals surface area contributed by atoms with Crippen LogP contribution in [0.15, 0.2) is 0 Å². The van der Waals surface area contributed by atoms with E-state index in [9.17, 15) is 4.39 Å². The van der Waals surface area contributed by atoms with Gasteiger partial charge in [0.05, 0.1) is 6.10 Å². The Morgan fingerprint density at radius 3 is 2.14 bits per heavy atom. The molecular formula is C5H11FO. The second-order valence-electron chi connectivity index (χ2n) is 1.66. The van der Waals surface area contributed by atoms with Crippen molar-refractivity contribution < 1.29 is 9.50 Å². The number of rotatable bonds is 2. The van der Waals surface area contributed by atoms with E-state index in [4.69, 9.17) is 5.11 Å². The van der Waals surface area contributed by atoms with Gasteiger partial charge in [-0.25, -0.2) is 4.39 Å². The molecule has 1 N–H and O–H groups in total. The maximum atomic E-state index is 12.0. The molecule has 0 aromatic rings. The third kappa shape index (κ3) is 2.57. The number of hydrogen-bond acceptors (Lipinski definition) is 1. The molecule has 0 aliphatic rings. The maximum absolute atomic E-state index is 12.0. The van der Waals surface area contributed by atoms with Crippen LogP contribution in [0, 0.1) is 0 Å². The van der Waals surface area contributed by atoms with Crippen molar-refractivity contribution in [3.63, 3.8) is 0 Å². The molecule has 44 valence electrons. The van der Waals surface area contributed by atoms with Crippen LogP contribution in [-0.2, 0) is 0 Å². The molecule has 0 saturated heterocycles. The van der Waals surface area contributed by atoms with Crippen LogP contribution in [-0.4, -0.2) is 17.4 Å². The van der Waals surface area contributed by atoms with Crippen LogP contribution in [0.25, 0.3) is 0 Å². The highest BCUT2D eigenvalue weighted by Gasteiger charge is 2.08. The Morgan fingerprint density at radius 1 is 1.71 bits per heavy atom. The summed E-state index contributed by atoms with van der Waals surface area (Å²) in [5.41, 5.74) is 0. The molecule has 0 saturated carbocycles. The summed E-state index contributed by atoms with van der Waals surface area (Å²) in [5, 5.41) is 8.45. The molecule has 0 aromatic carbocycles. The predicted octanol–water partition coefficient (Wildman–Crippen LogP) is 1.12. The Hall–Kier alpha value is -0.110. The standard InChI is InChI=1S/C5H11FO/c1-3-5(6)4(2)7/h4-5,7H,3H2,1-2H3. The van der Waals surface area contributed by atoms with Gasteiger partial charge in [0.1, 0.15) is 6.17 Å².